The fourth-order valence-corrected chi connectivity index (χ4v) is 3.25. The molecule has 1 N–H and O–H groups in total. The van der Waals surface area contributed by atoms with E-state index in [9.17, 15) is 4.79 Å². The summed E-state index contributed by atoms with van der Waals surface area (Å²) in [5.74, 6) is -0.565. The zero-order valence-corrected chi connectivity index (χ0v) is 12.7. The zero-order valence-electron chi connectivity index (χ0n) is 11.1. The minimum Gasteiger partial charge on any atom is -0.349 e. The van der Waals surface area contributed by atoms with Gasteiger partial charge in [0.15, 0.2) is 5.79 Å². The van der Waals surface area contributed by atoms with Crippen LogP contribution in [0.15, 0.2) is 22.9 Å². The second-order valence-corrected chi connectivity index (χ2v) is 6.18. The Hall–Kier alpha value is -0.980. The molecule has 3 rings (SSSR count). The molecule has 1 atom stereocenters. The standard InChI is InChI=1S/C14H17BrN2O3/c15-11-6-10(8-16-9-11)13(18)17-12-2-1-3-14(7-12)19-4-5-20-14/h6,8-9,12H,1-5,7H2,(H,17,18)/t12-/m0/s1. The number of amides is 1. The third-order valence-corrected chi connectivity index (χ3v) is 4.22. The van der Waals surface area contributed by atoms with E-state index in [0.717, 1.165) is 30.2 Å². The van der Waals surface area contributed by atoms with Crippen LogP contribution in [0.4, 0.5) is 0 Å². The molecule has 1 saturated carbocycles. The summed E-state index contributed by atoms with van der Waals surface area (Å²) in [6.45, 7) is 1.30. The largest absolute Gasteiger partial charge is 0.349 e. The summed E-state index contributed by atoms with van der Waals surface area (Å²) in [5.41, 5.74) is 0.562. The van der Waals surface area contributed by atoms with Crippen LogP contribution in [0.5, 0.6) is 0 Å². The van der Waals surface area contributed by atoms with Gasteiger partial charge in [0.2, 0.25) is 0 Å². The van der Waals surface area contributed by atoms with Crippen molar-refractivity contribution in [1.82, 2.24) is 10.3 Å². The quantitative estimate of drug-likeness (QED) is 0.896. The highest BCUT2D eigenvalue weighted by Crippen LogP contribution is 2.35. The van der Waals surface area contributed by atoms with Crippen LogP contribution in [-0.4, -0.2) is 35.9 Å². The maximum absolute atomic E-state index is 12.2. The molecule has 1 aromatic rings. The fraction of sp³-hybridized carbons (Fsp3) is 0.571. The van der Waals surface area contributed by atoms with Crippen LogP contribution >= 0.6 is 15.9 Å². The highest BCUT2D eigenvalue weighted by atomic mass is 79.9. The summed E-state index contributed by atoms with van der Waals surface area (Å²) in [6.07, 6.45) is 6.83. The minimum atomic E-state index is -0.467. The van der Waals surface area contributed by atoms with Gasteiger partial charge < -0.3 is 14.8 Å². The third-order valence-electron chi connectivity index (χ3n) is 3.78. The molecule has 2 aliphatic rings. The first-order chi connectivity index (χ1) is 9.67. The molecule has 1 amide bonds. The Morgan fingerprint density at radius 2 is 2.20 bits per heavy atom. The lowest BCUT2D eigenvalue weighted by molar-refractivity contribution is -0.181. The number of carbonyl (C=O) groups excluding carboxylic acids is 1. The second kappa shape index (κ2) is 5.79. The van der Waals surface area contributed by atoms with Crippen molar-refractivity contribution in [3.05, 3.63) is 28.5 Å². The van der Waals surface area contributed by atoms with E-state index in [4.69, 9.17) is 9.47 Å². The van der Waals surface area contributed by atoms with Crippen LogP contribution in [0, 0.1) is 0 Å². The van der Waals surface area contributed by atoms with Crippen molar-refractivity contribution in [3.63, 3.8) is 0 Å². The molecule has 0 radical (unpaired) electrons. The van der Waals surface area contributed by atoms with Crippen molar-refractivity contribution >= 4 is 21.8 Å². The van der Waals surface area contributed by atoms with E-state index in [1.807, 2.05) is 0 Å². The molecular weight excluding hydrogens is 324 g/mol. The number of nitrogens with zero attached hydrogens (tertiary/aromatic N) is 1. The van der Waals surface area contributed by atoms with E-state index in [1.165, 1.54) is 0 Å². The molecule has 1 saturated heterocycles. The predicted molar refractivity (Wildman–Crippen MR) is 76.3 cm³/mol. The fourth-order valence-electron chi connectivity index (χ4n) is 2.88. The average molecular weight is 341 g/mol. The molecule has 108 valence electrons. The number of pyridine rings is 1. The third kappa shape index (κ3) is 3.02. The molecular formula is C14H17BrN2O3. The number of nitrogens with one attached hydrogen (secondary N) is 1. The van der Waals surface area contributed by atoms with Gasteiger partial charge in [0.25, 0.3) is 5.91 Å². The number of hydrogen-bond acceptors (Lipinski definition) is 4. The zero-order chi connectivity index (χ0) is 14.0. The van der Waals surface area contributed by atoms with E-state index in [1.54, 1.807) is 18.5 Å². The first-order valence-electron chi connectivity index (χ1n) is 6.86. The van der Waals surface area contributed by atoms with Gasteiger partial charge >= 0.3 is 0 Å². The maximum atomic E-state index is 12.2. The van der Waals surface area contributed by atoms with Crippen LogP contribution < -0.4 is 5.32 Å². The SMILES string of the molecule is O=C(N[C@H]1CCCC2(C1)OCCO2)c1cncc(Br)c1. The Kier molecular flexibility index (Phi) is 4.05. The van der Waals surface area contributed by atoms with Crippen molar-refractivity contribution in [2.75, 3.05) is 13.2 Å². The second-order valence-electron chi connectivity index (χ2n) is 5.27. The van der Waals surface area contributed by atoms with Crippen LogP contribution in [-0.2, 0) is 9.47 Å². The van der Waals surface area contributed by atoms with Crippen molar-refractivity contribution in [3.8, 4) is 0 Å². The highest BCUT2D eigenvalue weighted by molar-refractivity contribution is 9.10. The molecule has 1 aliphatic carbocycles. The summed E-state index contributed by atoms with van der Waals surface area (Å²) in [5, 5.41) is 3.05. The molecule has 1 aromatic heterocycles. The van der Waals surface area contributed by atoms with Gasteiger partial charge in [0.1, 0.15) is 0 Å². The van der Waals surface area contributed by atoms with Crippen molar-refractivity contribution in [2.24, 2.45) is 0 Å². The van der Waals surface area contributed by atoms with E-state index < -0.39 is 5.79 Å². The highest BCUT2D eigenvalue weighted by Gasteiger charge is 2.41. The number of carbonyl (C=O) groups is 1. The van der Waals surface area contributed by atoms with Gasteiger partial charge in [0, 0.05) is 35.7 Å². The van der Waals surface area contributed by atoms with Crippen LogP contribution in [0.25, 0.3) is 0 Å². The topological polar surface area (TPSA) is 60.5 Å². The lowest BCUT2D eigenvalue weighted by atomic mass is 9.89. The normalized spacial score (nSPS) is 24.8. The summed E-state index contributed by atoms with van der Waals surface area (Å²) < 4.78 is 12.2. The van der Waals surface area contributed by atoms with Crippen molar-refractivity contribution < 1.29 is 14.3 Å². The number of halogens is 1. The summed E-state index contributed by atoms with van der Waals surface area (Å²) in [6, 6.07) is 1.86. The van der Waals surface area contributed by atoms with Crippen molar-refractivity contribution in [2.45, 2.75) is 37.5 Å². The molecule has 1 spiro atoms. The average Bonchev–Trinajstić information content (AvgIpc) is 2.87. The molecule has 0 bridgehead atoms. The lowest BCUT2D eigenvalue weighted by Gasteiger charge is -2.36. The summed E-state index contributed by atoms with van der Waals surface area (Å²) >= 11 is 3.32. The molecule has 2 fully saturated rings. The van der Waals surface area contributed by atoms with Crippen LogP contribution in [0.2, 0.25) is 0 Å². The lowest BCUT2D eigenvalue weighted by Crippen LogP contribution is -2.46. The van der Waals surface area contributed by atoms with Gasteiger partial charge in [-0.2, -0.15) is 0 Å². The molecule has 20 heavy (non-hydrogen) atoms. The van der Waals surface area contributed by atoms with E-state index in [0.29, 0.717) is 18.8 Å². The van der Waals surface area contributed by atoms with Gasteiger partial charge in [-0.1, -0.05) is 0 Å². The van der Waals surface area contributed by atoms with Crippen molar-refractivity contribution in [1.29, 1.82) is 0 Å². The summed E-state index contributed by atoms with van der Waals surface area (Å²) in [7, 11) is 0. The monoisotopic (exact) mass is 340 g/mol. The van der Waals surface area contributed by atoms with Crippen LogP contribution in [0.3, 0.4) is 0 Å². The number of hydrogen-bond donors (Lipinski definition) is 1. The molecule has 0 unspecified atom stereocenters. The van der Waals surface area contributed by atoms with Gasteiger partial charge in [-0.05, 0) is 34.8 Å². The minimum absolute atomic E-state index is 0.0910. The van der Waals surface area contributed by atoms with Gasteiger partial charge in [-0.15, -0.1) is 0 Å². The first-order valence-corrected chi connectivity index (χ1v) is 7.66. The molecule has 1 aliphatic heterocycles. The molecule has 0 aromatic carbocycles. The number of ether oxygens (including phenoxy) is 2. The predicted octanol–water partition coefficient (Wildman–Crippen LogP) is 2.26. The van der Waals surface area contributed by atoms with Crippen LogP contribution in [0.1, 0.15) is 36.0 Å². The molecule has 6 heteroatoms. The Morgan fingerprint density at radius 1 is 1.40 bits per heavy atom. The van der Waals surface area contributed by atoms with Gasteiger partial charge in [-0.3, -0.25) is 9.78 Å². The van der Waals surface area contributed by atoms with Gasteiger partial charge in [0.05, 0.1) is 18.8 Å². The van der Waals surface area contributed by atoms with E-state index in [2.05, 4.69) is 26.2 Å². The van der Waals surface area contributed by atoms with Gasteiger partial charge in [-0.25, -0.2) is 0 Å². The number of aromatic nitrogens is 1. The number of rotatable bonds is 2. The summed E-state index contributed by atoms with van der Waals surface area (Å²) in [4.78, 5) is 16.2. The Morgan fingerprint density at radius 3 is 2.95 bits per heavy atom. The Labute approximate surface area is 126 Å². The van der Waals surface area contributed by atoms with E-state index in [-0.39, 0.29) is 11.9 Å². The molecule has 2 heterocycles. The smallest absolute Gasteiger partial charge is 0.253 e. The molecule has 5 nitrogen and oxygen atoms in total. The Balaban J connectivity index is 1.64. The van der Waals surface area contributed by atoms with E-state index >= 15 is 0 Å². The Bertz CT molecular complexity index is 503. The maximum Gasteiger partial charge on any atom is 0.253 e. The first kappa shape index (κ1) is 14.0.